The van der Waals surface area contributed by atoms with Gasteiger partial charge in [0.1, 0.15) is 0 Å². The van der Waals surface area contributed by atoms with Crippen LogP contribution in [0.3, 0.4) is 0 Å². The first-order valence-corrected chi connectivity index (χ1v) is 6.17. The summed E-state index contributed by atoms with van der Waals surface area (Å²) in [4.78, 5) is 0. The van der Waals surface area contributed by atoms with Gasteiger partial charge in [-0.3, -0.25) is 0 Å². The smallest absolute Gasteiger partial charge is 0.0775 e. The van der Waals surface area contributed by atoms with E-state index >= 15 is 0 Å². The Labute approximate surface area is 89.0 Å². The van der Waals surface area contributed by atoms with Crippen molar-refractivity contribution in [1.82, 2.24) is 5.32 Å². The van der Waals surface area contributed by atoms with Gasteiger partial charge >= 0.3 is 0 Å². The molecular weight excluding hydrogens is 194 g/mol. The second-order valence-corrected chi connectivity index (χ2v) is 4.92. The Bertz CT molecular complexity index is 265. The fourth-order valence-electron chi connectivity index (χ4n) is 1.98. The van der Waals surface area contributed by atoms with Gasteiger partial charge in [-0.15, -0.1) is 0 Å². The molecule has 14 heavy (non-hydrogen) atoms. The molecular formula is C11H17NOS. The standard InChI is InChI=1S/C11H17NOS/c13-11(4-1-6-12-9-11)5-2-10-3-7-14-8-10/h3,7-8,12-13H,1-2,4-6,9H2. The van der Waals surface area contributed by atoms with E-state index in [1.165, 1.54) is 5.56 Å². The van der Waals surface area contributed by atoms with Crippen LogP contribution in [0.4, 0.5) is 0 Å². The Morgan fingerprint density at radius 2 is 2.50 bits per heavy atom. The molecule has 1 aromatic heterocycles. The molecule has 0 bridgehead atoms. The lowest BCUT2D eigenvalue weighted by Crippen LogP contribution is -2.45. The van der Waals surface area contributed by atoms with Gasteiger partial charge in [-0.05, 0) is 54.6 Å². The summed E-state index contributed by atoms with van der Waals surface area (Å²) in [5.74, 6) is 0. The molecule has 1 atom stereocenters. The topological polar surface area (TPSA) is 32.3 Å². The highest BCUT2D eigenvalue weighted by Gasteiger charge is 2.28. The van der Waals surface area contributed by atoms with Crippen LogP contribution in [0.15, 0.2) is 16.8 Å². The molecule has 2 N–H and O–H groups in total. The SMILES string of the molecule is OC1(CCc2ccsc2)CCCNC1. The molecule has 0 saturated carbocycles. The number of thiophene rings is 1. The number of piperidine rings is 1. The van der Waals surface area contributed by atoms with Gasteiger partial charge in [0.15, 0.2) is 0 Å². The van der Waals surface area contributed by atoms with Gasteiger partial charge in [0.05, 0.1) is 5.60 Å². The summed E-state index contributed by atoms with van der Waals surface area (Å²) in [5, 5.41) is 17.7. The van der Waals surface area contributed by atoms with Gasteiger partial charge in [-0.2, -0.15) is 11.3 Å². The van der Waals surface area contributed by atoms with Crippen molar-refractivity contribution in [2.75, 3.05) is 13.1 Å². The average Bonchev–Trinajstić information content (AvgIpc) is 2.69. The van der Waals surface area contributed by atoms with Crippen molar-refractivity contribution in [3.8, 4) is 0 Å². The van der Waals surface area contributed by atoms with E-state index in [0.29, 0.717) is 0 Å². The Morgan fingerprint density at radius 1 is 1.57 bits per heavy atom. The molecule has 0 spiro atoms. The van der Waals surface area contributed by atoms with E-state index in [2.05, 4.69) is 22.1 Å². The second-order valence-electron chi connectivity index (χ2n) is 4.14. The fraction of sp³-hybridized carbons (Fsp3) is 0.636. The van der Waals surface area contributed by atoms with Crippen LogP contribution in [0.25, 0.3) is 0 Å². The van der Waals surface area contributed by atoms with Crippen LogP contribution >= 0.6 is 11.3 Å². The number of nitrogens with one attached hydrogen (secondary N) is 1. The Morgan fingerprint density at radius 3 is 3.14 bits per heavy atom. The molecule has 2 rings (SSSR count). The maximum atomic E-state index is 10.2. The number of β-amino-alcohol motifs (C(OH)–C–C–N with tert-alkyl or cyclic N) is 1. The average molecular weight is 211 g/mol. The zero-order valence-corrected chi connectivity index (χ0v) is 9.15. The van der Waals surface area contributed by atoms with Crippen molar-refractivity contribution in [2.24, 2.45) is 0 Å². The molecule has 1 saturated heterocycles. The zero-order valence-electron chi connectivity index (χ0n) is 8.33. The van der Waals surface area contributed by atoms with Crippen LogP contribution in [-0.4, -0.2) is 23.8 Å². The van der Waals surface area contributed by atoms with Crippen molar-refractivity contribution in [1.29, 1.82) is 0 Å². The monoisotopic (exact) mass is 211 g/mol. The molecule has 3 heteroatoms. The van der Waals surface area contributed by atoms with Crippen LogP contribution in [0.2, 0.25) is 0 Å². The first-order chi connectivity index (χ1) is 6.79. The molecule has 2 heterocycles. The number of rotatable bonds is 3. The molecule has 1 aromatic rings. The van der Waals surface area contributed by atoms with Crippen LogP contribution in [0, 0.1) is 0 Å². The van der Waals surface area contributed by atoms with Gasteiger partial charge in [0.25, 0.3) is 0 Å². The van der Waals surface area contributed by atoms with Gasteiger partial charge < -0.3 is 10.4 Å². The van der Waals surface area contributed by atoms with Crippen LogP contribution < -0.4 is 5.32 Å². The lowest BCUT2D eigenvalue weighted by molar-refractivity contribution is 0.00890. The van der Waals surface area contributed by atoms with E-state index in [0.717, 1.165) is 38.8 Å². The number of aliphatic hydroxyl groups is 1. The fourth-order valence-corrected chi connectivity index (χ4v) is 2.68. The molecule has 0 aromatic carbocycles. The van der Waals surface area contributed by atoms with E-state index in [1.807, 2.05) is 0 Å². The van der Waals surface area contributed by atoms with E-state index in [1.54, 1.807) is 11.3 Å². The number of hydrogen-bond donors (Lipinski definition) is 2. The summed E-state index contributed by atoms with van der Waals surface area (Å²) in [6.45, 7) is 1.82. The maximum Gasteiger partial charge on any atom is 0.0775 e. The van der Waals surface area contributed by atoms with E-state index in [4.69, 9.17) is 0 Å². The van der Waals surface area contributed by atoms with Gasteiger partial charge in [-0.25, -0.2) is 0 Å². The first kappa shape index (κ1) is 10.1. The maximum absolute atomic E-state index is 10.2. The van der Waals surface area contributed by atoms with E-state index < -0.39 is 5.60 Å². The minimum Gasteiger partial charge on any atom is -0.389 e. The van der Waals surface area contributed by atoms with Crippen molar-refractivity contribution in [2.45, 2.75) is 31.3 Å². The summed E-state index contributed by atoms with van der Waals surface area (Å²) < 4.78 is 0. The third kappa shape index (κ3) is 2.56. The summed E-state index contributed by atoms with van der Waals surface area (Å²) >= 11 is 1.73. The molecule has 0 radical (unpaired) electrons. The largest absolute Gasteiger partial charge is 0.389 e. The third-order valence-corrected chi connectivity index (χ3v) is 3.64. The van der Waals surface area contributed by atoms with Crippen molar-refractivity contribution >= 4 is 11.3 Å². The number of aryl methyl sites for hydroxylation is 1. The molecule has 1 aliphatic rings. The molecule has 0 amide bonds. The molecule has 1 aliphatic heterocycles. The Balaban J connectivity index is 1.84. The molecule has 78 valence electrons. The third-order valence-electron chi connectivity index (χ3n) is 2.91. The lowest BCUT2D eigenvalue weighted by atomic mass is 9.88. The highest BCUT2D eigenvalue weighted by Crippen LogP contribution is 2.22. The molecule has 0 aliphatic carbocycles. The van der Waals surface area contributed by atoms with Crippen molar-refractivity contribution in [3.05, 3.63) is 22.4 Å². The highest BCUT2D eigenvalue weighted by molar-refractivity contribution is 7.07. The van der Waals surface area contributed by atoms with E-state index in [9.17, 15) is 5.11 Å². The lowest BCUT2D eigenvalue weighted by Gasteiger charge is -2.32. The van der Waals surface area contributed by atoms with Crippen molar-refractivity contribution < 1.29 is 5.11 Å². The summed E-state index contributed by atoms with van der Waals surface area (Å²) in [7, 11) is 0. The first-order valence-electron chi connectivity index (χ1n) is 5.23. The number of hydrogen-bond acceptors (Lipinski definition) is 3. The minimum atomic E-state index is -0.458. The van der Waals surface area contributed by atoms with Gasteiger partial charge in [0.2, 0.25) is 0 Å². The van der Waals surface area contributed by atoms with Gasteiger partial charge in [-0.1, -0.05) is 0 Å². The van der Waals surface area contributed by atoms with E-state index in [-0.39, 0.29) is 0 Å². The normalized spacial score (nSPS) is 27.8. The van der Waals surface area contributed by atoms with Crippen molar-refractivity contribution in [3.63, 3.8) is 0 Å². The van der Waals surface area contributed by atoms with Gasteiger partial charge in [0, 0.05) is 6.54 Å². The molecule has 1 fully saturated rings. The predicted molar refractivity (Wildman–Crippen MR) is 59.7 cm³/mol. The summed E-state index contributed by atoms with van der Waals surface area (Å²) in [6.07, 6.45) is 3.93. The molecule has 2 nitrogen and oxygen atoms in total. The zero-order chi connectivity index (χ0) is 9.86. The van der Waals surface area contributed by atoms with Crippen LogP contribution in [0.1, 0.15) is 24.8 Å². The van der Waals surface area contributed by atoms with Crippen LogP contribution in [0.5, 0.6) is 0 Å². The highest BCUT2D eigenvalue weighted by atomic mass is 32.1. The minimum absolute atomic E-state index is 0.458. The predicted octanol–water partition coefficient (Wildman–Crippen LogP) is 1.80. The Hall–Kier alpha value is -0.380. The molecule has 1 unspecified atom stereocenters. The summed E-state index contributed by atoms with van der Waals surface area (Å²) in [6, 6.07) is 2.14. The summed E-state index contributed by atoms with van der Waals surface area (Å²) in [5.41, 5.74) is 0.897. The quantitative estimate of drug-likeness (QED) is 0.799. The Kier molecular flexibility index (Phi) is 3.21. The second kappa shape index (κ2) is 4.43. The van der Waals surface area contributed by atoms with Crippen LogP contribution in [-0.2, 0) is 6.42 Å².